The molecule has 0 amide bonds. The van der Waals surface area contributed by atoms with Crippen molar-refractivity contribution in [1.29, 1.82) is 0 Å². The smallest absolute Gasteiger partial charge is 0.416 e. The molecular weight excluding hydrogens is 511 g/mol. The summed E-state index contributed by atoms with van der Waals surface area (Å²) in [5.74, 6) is -0.110. The van der Waals surface area contributed by atoms with Crippen LogP contribution in [0.5, 0.6) is 11.5 Å². The molecule has 1 N–H and O–H groups in total. The Bertz CT molecular complexity index is 1160. The average Bonchev–Trinajstić information content (AvgIpc) is 2.88. The van der Waals surface area contributed by atoms with Crippen molar-refractivity contribution in [2.24, 2.45) is 5.92 Å². The number of halogens is 3. The van der Waals surface area contributed by atoms with Crippen LogP contribution in [0, 0.1) is 5.92 Å². The molecule has 1 heterocycles. The molecule has 2 fully saturated rings. The molecule has 2 aromatic rings. The number of nitrogens with zero attached hydrogens (tertiary/aromatic N) is 1. The first-order valence-electron chi connectivity index (χ1n) is 12.4. The van der Waals surface area contributed by atoms with Crippen molar-refractivity contribution in [3.63, 3.8) is 0 Å². The highest BCUT2D eigenvalue weighted by molar-refractivity contribution is 7.89. The van der Waals surface area contributed by atoms with Crippen molar-refractivity contribution >= 4 is 16.0 Å². The zero-order chi connectivity index (χ0) is 26.6. The second-order valence-corrected chi connectivity index (χ2v) is 11.4. The molecule has 2 aliphatic rings. The third-order valence-electron chi connectivity index (χ3n) is 6.92. The number of alkyl halides is 3. The van der Waals surface area contributed by atoms with Gasteiger partial charge in [-0.15, -0.1) is 0 Å². The Balaban J connectivity index is 1.39. The lowest BCUT2D eigenvalue weighted by Gasteiger charge is -2.36. The first kappa shape index (κ1) is 27.3. The van der Waals surface area contributed by atoms with Gasteiger partial charge in [0.1, 0.15) is 23.6 Å². The summed E-state index contributed by atoms with van der Waals surface area (Å²) in [6.07, 6.45) is 0.795. The molecule has 0 aromatic heterocycles. The molecule has 1 aliphatic carbocycles. The van der Waals surface area contributed by atoms with E-state index in [-0.39, 0.29) is 30.0 Å². The maximum atomic E-state index is 13.3. The lowest BCUT2D eigenvalue weighted by Crippen LogP contribution is -2.52. The number of rotatable bonds is 8. The SMILES string of the molecule is O=C(O)[C@@H]1C[C@H](Oc2ccc(C(F)(F)F)cc2)CCN1S(=O)(=O)c1ccc(OCC2CCCCC2)cc1. The molecule has 0 radical (unpaired) electrons. The monoisotopic (exact) mass is 541 g/mol. The van der Waals surface area contributed by atoms with Crippen LogP contribution in [0.1, 0.15) is 50.5 Å². The van der Waals surface area contributed by atoms with Crippen LogP contribution in [0.2, 0.25) is 0 Å². The van der Waals surface area contributed by atoms with Crippen LogP contribution in [-0.2, 0) is 21.0 Å². The second-order valence-electron chi connectivity index (χ2n) is 9.54. The summed E-state index contributed by atoms with van der Waals surface area (Å²) in [5, 5.41) is 9.76. The fourth-order valence-corrected chi connectivity index (χ4v) is 6.46. The number of piperidine rings is 1. The first-order valence-corrected chi connectivity index (χ1v) is 13.8. The largest absolute Gasteiger partial charge is 0.493 e. The summed E-state index contributed by atoms with van der Waals surface area (Å²) in [6.45, 7) is 0.476. The standard InChI is InChI=1S/C26H30F3NO6S/c27-26(28,29)19-6-8-21(9-7-19)36-22-14-15-30(24(16-22)25(31)32)37(33,34)23-12-10-20(11-13-23)35-17-18-4-2-1-3-5-18/h6-13,18,22,24H,1-5,14-17H2,(H,31,32)/t22-,24+/m1/s1. The zero-order valence-corrected chi connectivity index (χ0v) is 21.0. The van der Waals surface area contributed by atoms with Crippen molar-refractivity contribution in [2.45, 2.75) is 68.2 Å². The van der Waals surface area contributed by atoms with Crippen LogP contribution in [-0.4, -0.2) is 49.1 Å². The van der Waals surface area contributed by atoms with Crippen LogP contribution >= 0.6 is 0 Å². The van der Waals surface area contributed by atoms with Gasteiger partial charge >= 0.3 is 12.1 Å². The molecule has 37 heavy (non-hydrogen) atoms. The normalized spacial score (nSPS) is 21.9. The van der Waals surface area contributed by atoms with Crippen LogP contribution in [0.3, 0.4) is 0 Å². The van der Waals surface area contributed by atoms with Gasteiger partial charge in [-0.3, -0.25) is 4.79 Å². The topological polar surface area (TPSA) is 93.1 Å². The van der Waals surface area contributed by atoms with Gasteiger partial charge in [-0.1, -0.05) is 19.3 Å². The number of benzene rings is 2. The summed E-state index contributed by atoms with van der Waals surface area (Å²) in [5.41, 5.74) is -0.824. The second kappa shape index (κ2) is 11.3. The molecule has 0 bridgehead atoms. The highest BCUT2D eigenvalue weighted by atomic mass is 32.2. The van der Waals surface area contributed by atoms with E-state index in [2.05, 4.69) is 0 Å². The van der Waals surface area contributed by atoms with Crippen LogP contribution < -0.4 is 9.47 Å². The fraction of sp³-hybridized carbons (Fsp3) is 0.500. The summed E-state index contributed by atoms with van der Waals surface area (Å²) >= 11 is 0. The Morgan fingerprint density at radius 3 is 2.16 bits per heavy atom. The molecule has 4 rings (SSSR count). The third-order valence-corrected chi connectivity index (χ3v) is 8.84. The van der Waals surface area contributed by atoms with Gasteiger partial charge in [-0.25, -0.2) is 8.42 Å². The Morgan fingerprint density at radius 1 is 0.946 bits per heavy atom. The number of carboxylic acids is 1. The molecular formula is C26H30F3NO6S. The predicted molar refractivity (Wildman–Crippen MR) is 129 cm³/mol. The summed E-state index contributed by atoms with van der Waals surface area (Å²) < 4.78 is 77.4. The van der Waals surface area contributed by atoms with E-state index in [1.165, 1.54) is 43.5 Å². The van der Waals surface area contributed by atoms with Crippen LogP contribution in [0.4, 0.5) is 13.2 Å². The Morgan fingerprint density at radius 2 is 1.57 bits per heavy atom. The number of sulfonamides is 1. The summed E-state index contributed by atoms with van der Waals surface area (Å²) in [7, 11) is -4.11. The number of carboxylic acid groups (broad SMARTS) is 1. The highest BCUT2D eigenvalue weighted by Gasteiger charge is 2.41. The zero-order valence-electron chi connectivity index (χ0n) is 20.2. The van der Waals surface area contributed by atoms with E-state index in [9.17, 15) is 31.5 Å². The van der Waals surface area contributed by atoms with Gasteiger partial charge in [0.05, 0.1) is 17.1 Å². The van der Waals surface area contributed by atoms with Crippen molar-refractivity contribution in [1.82, 2.24) is 4.31 Å². The first-order chi connectivity index (χ1) is 17.5. The molecule has 7 nitrogen and oxygen atoms in total. The van der Waals surface area contributed by atoms with E-state index in [0.717, 1.165) is 29.3 Å². The molecule has 1 aliphatic heterocycles. The van der Waals surface area contributed by atoms with E-state index in [1.807, 2.05) is 0 Å². The van der Waals surface area contributed by atoms with Gasteiger partial charge in [0.25, 0.3) is 0 Å². The van der Waals surface area contributed by atoms with Crippen molar-refractivity contribution in [3.8, 4) is 11.5 Å². The van der Waals surface area contributed by atoms with E-state index in [4.69, 9.17) is 9.47 Å². The lowest BCUT2D eigenvalue weighted by molar-refractivity contribution is -0.143. The van der Waals surface area contributed by atoms with Gasteiger partial charge < -0.3 is 14.6 Å². The van der Waals surface area contributed by atoms with Crippen molar-refractivity contribution in [3.05, 3.63) is 54.1 Å². The number of ether oxygens (including phenoxy) is 2. The van der Waals surface area contributed by atoms with E-state index in [0.29, 0.717) is 18.3 Å². The molecule has 2 aromatic carbocycles. The lowest BCUT2D eigenvalue weighted by atomic mass is 9.90. The minimum absolute atomic E-state index is 0.0362. The van der Waals surface area contributed by atoms with Gasteiger partial charge in [0, 0.05) is 13.0 Å². The van der Waals surface area contributed by atoms with Gasteiger partial charge in [-0.05, 0) is 73.7 Å². The minimum Gasteiger partial charge on any atom is -0.493 e. The predicted octanol–water partition coefficient (Wildman–Crippen LogP) is 5.35. The number of carbonyl (C=O) groups is 1. The van der Waals surface area contributed by atoms with Gasteiger partial charge in [0.15, 0.2) is 0 Å². The van der Waals surface area contributed by atoms with Gasteiger partial charge in [-0.2, -0.15) is 17.5 Å². The molecule has 0 spiro atoms. The Kier molecular flexibility index (Phi) is 8.33. The number of aliphatic carboxylic acids is 1. The van der Waals surface area contributed by atoms with Crippen LogP contribution in [0.25, 0.3) is 0 Å². The Hall–Kier alpha value is -2.79. The van der Waals surface area contributed by atoms with E-state index < -0.39 is 39.9 Å². The highest BCUT2D eigenvalue weighted by Crippen LogP contribution is 2.33. The quantitative estimate of drug-likeness (QED) is 0.484. The molecule has 202 valence electrons. The van der Waals surface area contributed by atoms with Crippen molar-refractivity contribution in [2.75, 3.05) is 13.2 Å². The number of hydrogen-bond acceptors (Lipinski definition) is 5. The fourth-order valence-electron chi connectivity index (χ4n) is 4.86. The molecule has 11 heteroatoms. The molecule has 1 saturated carbocycles. The van der Waals surface area contributed by atoms with Crippen molar-refractivity contribution < 1.29 is 41.0 Å². The maximum absolute atomic E-state index is 13.3. The van der Waals surface area contributed by atoms with Gasteiger partial charge in [0.2, 0.25) is 10.0 Å². The average molecular weight is 542 g/mol. The summed E-state index contributed by atoms with van der Waals surface area (Å²) in [6, 6.07) is 8.69. The third kappa shape index (κ3) is 6.75. The molecule has 2 atom stereocenters. The molecule has 1 saturated heterocycles. The minimum atomic E-state index is -4.48. The Labute approximate surface area is 214 Å². The summed E-state index contributed by atoms with van der Waals surface area (Å²) in [4.78, 5) is 11.9. The molecule has 0 unspecified atom stereocenters. The van der Waals surface area contributed by atoms with E-state index >= 15 is 0 Å². The van der Waals surface area contributed by atoms with E-state index in [1.54, 1.807) is 12.1 Å². The number of hydrogen-bond donors (Lipinski definition) is 1. The maximum Gasteiger partial charge on any atom is 0.416 e. The van der Waals surface area contributed by atoms with Crippen LogP contribution in [0.15, 0.2) is 53.4 Å².